The van der Waals surface area contributed by atoms with E-state index < -0.39 is 11.1 Å². The maximum atomic E-state index is 13.7. The maximum Gasteiger partial charge on any atom is 0.364 e. The van der Waals surface area contributed by atoms with Gasteiger partial charge in [-0.15, -0.1) is 0 Å². The zero-order valence-electron chi connectivity index (χ0n) is 11.8. The molecule has 0 spiro atoms. The summed E-state index contributed by atoms with van der Waals surface area (Å²) in [7, 11) is 1.54. The Morgan fingerprint density at radius 1 is 1.23 bits per heavy atom. The number of alkyl halides is 3. The third kappa shape index (κ3) is 2.62. The van der Waals surface area contributed by atoms with E-state index >= 15 is 0 Å². The number of aryl methyl sites for hydroxylation is 1. The zero-order chi connectivity index (χ0) is 15.9. The van der Waals surface area contributed by atoms with Gasteiger partial charge < -0.3 is 4.74 Å². The van der Waals surface area contributed by atoms with Crippen LogP contribution in [0.2, 0.25) is 0 Å². The fourth-order valence-electron chi connectivity index (χ4n) is 2.22. The minimum atomic E-state index is -3.55. The molecule has 0 atom stereocenters. The Bertz CT molecular complexity index is 842. The summed E-state index contributed by atoms with van der Waals surface area (Å²) in [5.74, 6) is 0.614. The molecule has 0 aliphatic rings. The molecule has 0 N–H and O–H groups in total. The van der Waals surface area contributed by atoms with Gasteiger partial charge in [-0.2, -0.15) is 13.9 Å². The number of rotatable bonds is 3. The summed E-state index contributed by atoms with van der Waals surface area (Å²) in [4.78, 5) is 4.37. The molecule has 0 saturated carbocycles. The largest absolute Gasteiger partial charge is 0.497 e. The van der Waals surface area contributed by atoms with Crippen molar-refractivity contribution in [1.82, 2.24) is 14.6 Å². The van der Waals surface area contributed by atoms with Crippen molar-refractivity contribution in [3.63, 3.8) is 0 Å². The lowest BCUT2D eigenvalue weighted by Crippen LogP contribution is -2.12. The molecule has 1 aromatic carbocycles. The summed E-state index contributed by atoms with van der Waals surface area (Å²) < 4.78 is 33.6. The van der Waals surface area contributed by atoms with Gasteiger partial charge in [0.25, 0.3) is 0 Å². The topological polar surface area (TPSA) is 39.4 Å². The summed E-state index contributed by atoms with van der Waals surface area (Å²) in [5.41, 5.74) is 1.50. The van der Waals surface area contributed by atoms with E-state index in [1.807, 2.05) is 0 Å². The van der Waals surface area contributed by atoms with Crippen molar-refractivity contribution in [2.75, 3.05) is 7.11 Å². The van der Waals surface area contributed by atoms with Gasteiger partial charge >= 0.3 is 5.38 Å². The quantitative estimate of drug-likeness (QED) is 0.684. The van der Waals surface area contributed by atoms with Crippen molar-refractivity contribution in [1.29, 1.82) is 0 Å². The monoisotopic (exact) mass is 323 g/mol. The number of hydrogen-bond donors (Lipinski definition) is 0. The van der Waals surface area contributed by atoms with E-state index in [9.17, 15) is 8.78 Å². The maximum absolute atomic E-state index is 13.7. The number of nitrogens with zero attached hydrogens (tertiary/aromatic N) is 3. The molecule has 0 fully saturated rings. The van der Waals surface area contributed by atoms with Crippen LogP contribution in [0, 0.1) is 6.92 Å². The molecule has 0 aliphatic carbocycles. The van der Waals surface area contributed by atoms with E-state index in [1.54, 1.807) is 37.3 Å². The van der Waals surface area contributed by atoms with Crippen LogP contribution in [-0.2, 0) is 5.38 Å². The summed E-state index contributed by atoms with van der Waals surface area (Å²) >= 11 is 5.22. The zero-order valence-corrected chi connectivity index (χ0v) is 12.6. The van der Waals surface area contributed by atoms with Gasteiger partial charge in [0.2, 0.25) is 0 Å². The molecular weight excluding hydrogens is 312 g/mol. The van der Waals surface area contributed by atoms with Gasteiger partial charge in [-0.3, -0.25) is 0 Å². The predicted molar refractivity (Wildman–Crippen MR) is 79.5 cm³/mol. The summed E-state index contributed by atoms with van der Waals surface area (Å²) in [6.07, 6.45) is 0. The van der Waals surface area contributed by atoms with Crippen LogP contribution in [0.3, 0.4) is 0 Å². The van der Waals surface area contributed by atoms with E-state index in [-0.39, 0.29) is 0 Å². The minimum Gasteiger partial charge on any atom is -0.497 e. The molecule has 114 valence electrons. The lowest BCUT2D eigenvalue weighted by molar-refractivity contribution is 0.0872. The first-order chi connectivity index (χ1) is 10.4. The highest BCUT2D eigenvalue weighted by Crippen LogP contribution is 2.35. The Balaban J connectivity index is 2.26. The van der Waals surface area contributed by atoms with Gasteiger partial charge in [-0.1, -0.05) is 12.1 Å². The average Bonchev–Trinajstić information content (AvgIpc) is 2.85. The van der Waals surface area contributed by atoms with Crippen LogP contribution in [-0.4, -0.2) is 21.7 Å². The lowest BCUT2D eigenvalue weighted by atomic mass is 10.1. The standard InChI is InChI=1S/C15H12ClF2N3O/c1-9-6-14-19-12(10-4-3-5-11(7-10)22-2)8-13(15(16,17)18)21(14)20-9/h3-8H,1-2H3. The SMILES string of the molecule is COc1cccc(-c2cc(C(F)(F)Cl)n3nc(C)cc3n2)c1. The Hall–Kier alpha value is -2.21. The highest BCUT2D eigenvalue weighted by molar-refractivity contribution is 6.21. The Kier molecular flexibility index (Phi) is 3.48. The fraction of sp³-hybridized carbons (Fsp3) is 0.200. The molecule has 4 nitrogen and oxygen atoms in total. The second kappa shape index (κ2) is 5.21. The van der Waals surface area contributed by atoms with Gasteiger partial charge in [0.15, 0.2) is 5.65 Å². The normalized spacial score (nSPS) is 11.9. The van der Waals surface area contributed by atoms with E-state index in [1.165, 1.54) is 13.2 Å². The first-order valence-electron chi connectivity index (χ1n) is 6.47. The molecule has 2 aromatic heterocycles. The second-order valence-corrected chi connectivity index (χ2v) is 5.29. The highest BCUT2D eigenvalue weighted by atomic mass is 35.5. The van der Waals surface area contributed by atoms with E-state index in [0.29, 0.717) is 28.3 Å². The fourth-order valence-corrected chi connectivity index (χ4v) is 2.36. The average molecular weight is 324 g/mol. The first kappa shape index (κ1) is 14.7. The second-order valence-electron chi connectivity index (χ2n) is 4.81. The Labute approximate surface area is 130 Å². The summed E-state index contributed by atoms with van der Waals surface area (Å²) in [6.45, 7) is 1.70. The van der Waals surface area contributed by atoms with Crippen molar-refractivity contribution in [2.45, 2.75) is 12.3 Å². The molecule has 0 unspecified atom stereocenters. The van der Waals surface area contributed by atoms with E-state index in [2.05, 4.69) is 10.1 Å². The van der Waals surface area contributed by atoms with E-state index in [4.69, 9.17) is 16.3 Å². The number of hydrogen-bond acceptors (Lipinski definition) is 3. The Morgan fingerprint density at radius 3 is 2.68 bits per heavy atom. The van der Waals surface area contributed by atoms with Crippen molar-refractivity contribution in [2.24, 2.45) is 0 Å². The van der Waals surface area contributed by atoms with Crippen LogP contribution in [0.5, 0.6) is 5.75 Å². The Morgan fingerprint density at radius 2 is 2.00 bits per heavy atom. The van der Waals surface area contributed by atoms with Crippen LogP contribution in [0.4, 0.5) is 8.78 Å². The molecule has 22 heavy (non-hydrogen) atoms. The number of benzene rings is 1. The van der Waals surface area contributed by atoms with Gasteiger partial charge in [-0.25, -0.2) is 9.50 Å². The van der Waals surface area contributed by atoms with Gasteiger partial charge in [0.1, 0.15) is 11.4 Å². The molecule has 0 aliphatic heterocycles. The predicted octanol–water partition coefficient (Wildman–Crippen LogP) is 4.00. The number of ether oxygens (including phenoxy) is 1. The molecule has 0 amide bonds. The summed E-state index contributed by atoms with van der Waals surface area (Å²) in [5, 5.41) is 0.465. The van der Waals surface area contributed by atoms with Crippen LogP contribution in [0.1, 0.15) is 11.4 Å². The van der Waals surface area contributed by atoms with E-state index in [0.717, 1.165) is 4.52 Å². The van der Waals surface area contributed by atoms with Gasteiger partial charge in [0, 0.05) is 11.6 Å². The van der Waals surface area contributed by atoms with Crippen LogP contribution >= 0.6 is 11.6 Å². The third-order valence-electron chi connectivity index (χ3n) is 3.21. The molecule has 3 rings (SSSR count). The van der Waals surface area contributed by atoms with Crippen molar-refractivity contribution in [3.8, 4) is 17.0 Å². The molecule has 0 radical (unpaired) electrons. The third-order valence-corrected chi connectivity index (χ3v) is 3.40. The molecular formula is C15H12ClF2N3O. The van der Waals surface area contributed by atoms with Gasteiger partial charge in [0.05, 0.1) is 18.5 Å². The van der Waals surface area contributed by atoms with Crippen LogP contribution in [0.15, 0.2) is 36.4 Å². The number of fused-ring (bicyclic) bond motifs is 1. The van der Waals surface area contributed by atoms with Gasteiger partial charge in [-0.05, 0) is 36.7 Å². The number of halogens is 3. The molecule has 2 heterocycles. The van der Waals surface area contributed by atoms with Crippen LogP contribution < -0.4 is 4.74 Å². The smallest absolute Gasteiger partial charge is 0.364 e. The molecule has 0 saturated heterocycles. The van der Waals surface area contributed by atoms with Crippen molar-refractivity contribution >= 4 is 17.2 Å². The lowest BCUT2D eigenvalue weighted by Gasteiger charge is -2.12. The summed E-state index contributed by atoms with van der Waals surface area (Å²) in [6, 6.07) is 9.87. The minimum absolute atomic E-state index is 0.313. The first-order valence-corrected chi connectivity index (χ1v) is 6.85. The molecule has 3 aromatic rings. The number of aromatic nitrogens is 3. The number of methoxy groups -OCH3 is 1. The molecule has 0 bridgehead atoms. The highest BCUT2D eigenvalue weighted by Gasteiger charge is 2.32. The van der Waals surface area contributed by atoms with Crippen molar-refractivity contribution in [3.05, 3.63) is 47.8 Å². The van der Waals surface area contributed by atoms with Crippen molar-refractivity contribution < 1.29 is 13.5 Å². The molecule has 7 heteroatoms. The van der Waals surface area contributed by atoms with Crippen LogP contribution in [0.25, 0.3) is 16.9 Å².